The van der Waals surface area contributed by atoms with Crippen LogP contribution in [0.1, 0.15) is 31.4 Å². The average molecular weight is 238 g/mol. The lowest BCUT2D eigenvalue weighted by Gasteiger charge is -2.26. The van der Waals surface area contributed by atoms with Crippen LogP contribution >= 0.6 is 11.6 Å². The third-order valence-corrected chi connectivity index (χ3v) is 3.76. The maximum absolute atomic E-state index is 6.04. The number of nitrogens with zero attached hydrogens (tertiary/aromatic N) is 1. The predicted octanol–water partition coefficient (Wildman–Crippen LogP) is 3.97. The van der Waals surface area contributed by atoms with Gasteiger partial charge >= 0.3 is 0 Å². The Morgan fingerprint density at radius 1 is 1.38 bits per heavy atom. The maximum atomic E-state index is 6.04. The summed E-state index contributed by atoms with van der Waals surface area (Å²) in [5.41, 5.74) is 3.89. The highest BCUT2D eigenvalue weighted by molar-refractivity contribution is 6.17. The SMILES string of the molecule is Cc1ccc(N2CC(C)CC2C)c(CCl)c1. The molecule has 0 aromatic heterocycles. The van der Waals surface area contributed by atoms with Crippen LogP contribution in [0.15, 0.2) is 18.2 Å². The van der Waals surface area contributed by atoms with Crippen molar-refractivity contribution < 1.29 is 0 Å². The second-order valence-corrected chi connectivity index (χ2v) is 5.38. The monoisotopic (exact) mass is 237 g/mol. The highest BCUT2D eigenvalue weighted by atomic mass is 35.5. The molecular formula is C14H20ClN. The van der Waals surface area contributed by atoms with E-state index in [0.717, 1.165) is 12.5 Å². The Labute approximate surface area is 103 Å². The average Bonchev–Trinajstić information content (AvgIpc) is 2.57. The van der Waals surface area contributed by atoms with Crippen LogP contribution in [0.3, 0.4) is 0 Å². The molecule has 1 aliphatic heterocycles. The van der Waals surface area contributed by atoms with Gasteiger partial charge in [-0.05, 0) is 37.8 Å². The number of rotatable bonds is 2. The molecule has 2 rings (SSSR count). The zero-order valence-electron chi connectivity index (χ0n) is 10.3. The molecule has 0 spiro atoms. The fraction of sp³-hybridized carbons (Fsp3) is 0.571. The molecule has 16 heavy (non-hydrogen) atoms. The molecule has 0 radical (unpaired) electrons. The number of alkyl halides is 1. The molecule has 1 fully saturated rings. The normalized spacial score (nSPS) is 25.1. The lowest BCUT2D eigenvalue weighted by Crippen LogP contribution is -2.27. The van der Waals surface area contributed by atoms with Gasteiger partial charge in [0.2, 0.25) is 0 Å². The molecule has 0 amide bonds. The van der Waals surface area contributed by atoms with E-state index in [4.69, 9.17) is 11.6 Å². The van der Waals surface area contributed by atoms with E-state index >= 15 is 0 Å². The van der Waals surface area contributed by atoms with Crippen molar-refractivity contribution in [3.8, 4) is 0 Å². The Bertz CT molecular complexity index is 375. The summed E-state index contributed by atoms with van der Waals surface area (Å²) in [7, 11) is 0. The van der Waals surface area contributed by atoms with E-state index in [9.17, 15) is 0 Å². The second kappa shape index (κ2) is 4.67. The Balaban J connectivity index is 2.32. The molecule has 1 aromatic carbocycles. The van der Waals surface area contributed by atoms with Crippen LogP contribution in [0.4, 0.5) is 5.69 Å². The van der Waals surface area contributed by atoms with Crippen molar-refractivity contribution >= 4 is 17.3 Å². The molecule has 1 saturated heterocycles. The van der Waals surface area contributed by atoms with Crippen molar-refractivity contribution in [2.45, 2.75) is 39.1 Å². The summed E-state index contributed by atoms with van der Waals surface area (Å²) in [5, 5.41) is 0. The molecule has 88 valence electrons. The Morgan fingerprint density at radius 2 is 2.12 bits per heavy atom. The van der Waals surface area contributed by atoms with Crippen molar-refractivity contribution in [2.24, 2.45) is 5.92 Å². The molecule has 2 heteroatoms. The van der Waals surface area contributed by atoms with E-state index in [1.165, 1.54) is 23.2 Å². The fourth-order valence-corrected chi connectivity index (χ4v) is 2.95. The molecule has 2 unspecified atom stereocenters. The summed E-state index contributed by atoms with van der Waals surface area (Å²) in [6, 6.07) is 7.25. The maximum Gasteiger partial charge on any atom is 0.0494 e. The van der Waals surface area contributed by atoms with Crippen LogP contribution in [0.25, 0.3) is 0 Å². The zero-order valence-corrected chi connectivity index (χ0v) is 11.1. The summed E-state index contributed by atoms with van der Waals surface area (Å²) >= 11 is 6.04. The second-order valence-electron chi connectivity index (χ2n) is 5.11. The van der Waals surface area contributed by atoms with Crippen LogP contribution in [-0.2, 0) is 5.88 Å². The Hall–Kier alpha value is -0.690. The summed E-state index contributed by atoms with van der Waals surface area (Å²) in [6.45, 7) is 7.91. The van der Waals surface area contributed by atoms with Crippen molar-refractivity contribution in [3.63, 3.8) is 0 Å². The predicted molar refractivity (Wildman–Crippen MR) is 71.3 cm³/mol. The minimum absolute atomic E-state index is 0.606. The van der Waals surface area contributed by atoms with E-state index in [2.05, 4.69) is 43.9 Å². The van der Waals surface area contributed by atoms with E-state index in [0.29, 0.717) is 11.9 Å². The van der Waals surface area contributed by atoms with Crippen LogP contribution < -0.4 is 4.90 Å². The minimum atomic E-state index is 0.606. The number of aryl methyl sites for hydroxylation is 1. The van der Waals surface area contributed by atoms with Gasteiger partial charge in [-0.1, -0.05) is 24.6 Å². The van der Waals surface area contributed by atoms with E-state index in [-0.39, 0.29) is 0 Å². The number of anilines is 1. The topological polar surface area (TPSA) is 3.24 Å². The lowest BCUT2D eigenvalue weighted by atomic mass is 10.1. The fourth-order valence-electron chi connectivity index (χ4n) is 2.74. The molecule has 1 nitrogen and oxygen atoms in total. The minimum Gasteiger partial charge on any atom is -0.368 e. The van der Waals surface area contributed by atoms with Crippen molar-refractivity contribution in [1.82, 2.24) is 0 Å². The van der Waals surface area contributed by atoms with Gasteiger partial charge in [0.1, 0.15) is 0 Å². The first-order valence-corrected chi connectivity index (χ1v) is 6.57. The first kappa shape index (κ1) is 11.8. The van der Waals surface area contributed by atoms with Gasteiger partial charge in [-0.2, -0.15) is 0 Å². The lowest BCUT2D eigenvalue weighted by molar-refractivity contribution is 0.625. The Kier molecular flexibility index (Phi) is 3.44. The molecular weight excluding hydrogens is 218 g/mol. The number of hydrogen-bond donors (Lipinski definition) is 0. The zero-order chi connectivity index (χ0) is 11.7. The third-order valence-electron chi connectivity index (χ3n) is 3.47. The number of hydrogen-bond acceptors (Lipinski definition) is 1. The van der Waals surface area contributed by atoms with Crippen molar-refractivity contribution in [1.29, 1.82) is 0 Å². The third kappa shape index (κ3) is 2.20. The first-order chi connectivity index (χ1) is 7.61. The van der Waals surface area contributed by atoms with Crippen LogP contribution in [0, 0.1) is 12.8 Å². The van der Waals surface area contributed by atoms with E-state index in [1.54, 1.807) is 0 Å². The largest absolute Gasteiger partial charge is 0.368 e. The van der Waals surface area contributed by atoms with E-state index in [1.807, 2.05) is 0 Å². The van der Waals surface area contributed by atoms with Crippen LogP contribution in [0.5, 0.6) is 0 Å². The van der Waals surface area contributed by atoms with E-state index < -0.39 is 0 Å². The molecule has 0 N–H and O–H groups in total. The van der Waals surface area contributed by atoms with Gasteiger partial charge in [-0.3, -0.25) is 0 Å². The summed E-state index contributed by atoms with van der Waals surface area (Å²) < 4.78 is 0. The smallest absolute Gasteiger partial charge is 0.0494 e. The van der Waals surface area contributed by atoms with Gasteiger partial charge in [0.15, 0.2) is 0 Å². The van der Waals surface area contributed by atoms with Crippen LogP contribution in [0.2, 0.25) is 0 Å². The van der Waals surface area contributed by atoms with Gasteiger partial charge < -0.3 is 4.90 Å². The molecule has 0 aliphatic carbocycles. The van der Waals surface area contributed by atoms with Crippen molar-refractivity contribution in [3.05, 3.63) is 29.3 Å². The van der Waals surface area contributed by atoms with Crippen molar-refractivity contribution in [2.75, 3.05) is 11.4 Å². The summed E-state index contributed by atoms with van der Waals surface area (Å²) in [4.78, 5) is 2.50. The standard InChI is InChI=1S/C14H20ClN/c1-10-4-5-14(13(7-10)8-15)16-9-11(2)6-12(16)3/h4-5,7,11-12H,6,8-9H2,1-3H3. The summed E-state index contributed by atoms with van der Waals surface area (Å²) in [5.74, 6) is 1.40. The molecule has 0 bridgehead atoms. The molecule has 2 atom stereocenters. The quantitative estimate of drug-likeness (QED) is 0.704. The van der Waals surface area contributed by atoms with Gasteiger partial charge in [0, 0.05) is 24.2 Å². The van der Waals surface area contributed by atoms with Gasteiger partial charge in [-0.25, -0.2) is 0 Å². The van der Waals surface area contributed by atoms with Gasteiger partial charge in [0.05, 0.1) is 0 Å². The highest BCUT2D eigenvalue weighted by Gasteiger charge is 2.27. The molecule has 1 heterocycles. The Morgan fingerprint density at radius 3 is 2.69 bits per heavy atom. The van der Waals surface area contributed by atoms with Gasteiger partial charge in [0.25, 0.3) is 0 Å². The van der Waals surface area contributed by atoms with Gasteiger partial charge in [-0.15, -0.1) is 11.6 Å². The molecule has 1 aliphatic rings. The first-order valence-electron chi connectivity index (χ1n) is 6.04. The number of halogens is 1. The van der Waals surface area contributed by atoms with Crippen LogP contribution in [-0.4, -0.2) is 12.6 Å². The highest BCUT2D eigenvalue weighted by Crippen LogP contribution is 2.32. The molecule has 1 aromatic rings. The molecule has 0 saturated carbocycles. The summed E-state index contributed by atoms with van der Waals surface area (Å²) in [6.07, 6.45) is 1.29. The number of benzene rings is 1.